The van der Waals surface area contributed by atoms with Gasteiger partial charge in [0.2, 0.25) is 11.5 Å². The molecular formula is C24H27FN6O4S. The number of carboxylic acids is 1. The second-order valence-corrected chi connectivity index (χ2v) is 9.15. The van der Waals surface area contributed by atoms with Crippen molar-refractivity contribution in [1.29, 1.82) is 0 Å². The average molecular weight is 515 g/mol. The minimum atomic E-state index is -1.38. The van der Waals surface area contributed by atoms with E-state index < -0.39 is 23.5 Å². The third-order valence-electron chi connectivity index (χ3n) is 6.55. The molecule has 4 heterocycles. The third-order valence-corrected chi connectivity index (χ3v) is 6.93. The normalized spacial score (nSPS) is 22.2. The molecule has 0 saturated carbocycles. The Morgan fingerprint density at radius 3 is 2.58 bits per heavy atom. The maximum absolute atomic E-state index is 15.2. The molecular weight excluding hydrogens is 487 g/mol. The van der Waals surface area contributed by atoms with Gasteiger partial charge in [-0.15, -0.1) is 17.7 Å². The summed E-state index contributed by atoms with van der Waals surface area (Å²) in [4.78, 5) is 21.4. The number of rotatable bonds is 6. The molecule has 5 rings (SSSR count). The number of benzene rings is 1. The van der Waals surface area contributed by atoms with Gasteiger partial charge >= 0.3 is 5.97 Å². The third kappa shape index (κ3) is 4.59. The van der Waals surface area contributed by atoms with Crippen molar-refractivity contribution in [1.82, 2.24) is 14.9 Å². The monoisotopic (exact) mass is 514 g/mol. The van der Waals surface area contributed by atoms with Crippen molar-refractivity contribution in [3.8, 4) is 0 Å². The second kappa shape index (κ2) is 9.96. The maximum atomic E-state index is 15.2. The van der Waals surface area contributed by atoms with Gasteiger partial charge < -0.3 is 24.7 Å². The van der Waals surface area contributed by atoms with Crippen molar-refractivity contribution in [2.45, 2.75) is 18.6 Å². The van der Waals surface area contributed by atoms with Gasteiger partial charge in [-0.25, -0.2) is 14.2 Å². The molecule has 0 amide bonds. The first kappa shape index (κ1) is 24.3. The summed E-state index contributed by atoms with van der Waals surface area (Å²) in [5.74, 6) is -1.22. The summed E-state index contributed by atoms with van der Waals surface area (Å²) in [6, 6.07) is 6.60. The average Bonchev–Trinajstić information content (AvgIpc) is 3.25. The predicted molar refractivity (Wildman–Crippen MR) is 135 cm³/mol. The van der Waals surface area contributed by atoms with Crippen LogP contribution in [-0.4, -0.2) is 81.9 Å². The molecule has 12 heteroatoms. The van der Waals surface area contributed by atoms with Gasteiger partial charge in [0.1, 0.15) is 11.9 Å². The first-order valence-corrected chi connectivity index (χ1v) is 12.2. The van der Waals surface area contributed by atoms with Gasteiger partial charge in [-0.2, -0.15) is 0 Å². The van der Waals surface area contributed by atoms with Crippen LogP contribution in [0.3, 0.4) is 0 Å². The van der Waals surface area contributed by atoms with Crippen LogP contribution in [0.5, 0.6) is 0 Å². The van der Waals surface area contributed by atoms with Crippen LogP contribution < -0.4 is 9.80 Å². The van der Waals surface area contributed by atoms with E-state index in [9.17, 15) is 15.0 Å². The number of halogens is 1. The van der Waals surface area contributed by atoms with Crippen LogP contribution >= 0.6 is 12.6 Å². The van der Waals surface area contributed by atoms with E-state index in [1.807, 2.05) is 24.0 Å². The minimum absolute atomic E-state index is 0.173. The molecule has 2 atom stereocenters. The van der Waals surface area contributed by atoms with Crippen LogP contribution in [0.2, 0.25) is 0 Å². The van der Waals surface area contributed by atoms with Gasteiger partial charge in [-0.3, -0.25) is 9.88 Å². The number of hydrogen-bond acceptors (Lipinski definition) is 10. The van der Waals surface area contributed by atoms with Crippen molar-refractivity contribution in [2.24, 2.45) is 5.10 Å². The number of fused-ring (bicyclic) bond motifs is 1. The number of carbonyl (C=O) groups is 1. The van der Waals surface area contributed by atoms with Crippen LogP contribution in [0.1, 0.15) is 24.2 Å². The lowest BCUT2D eigenvalue weighted by Crippen LogP contribution is -2.50. The van der Waals surface area contributed by atoms with Crippen LogP contribution in [0, 0.1) is 5.82 Å². The Bertz CT molecular complexity index is 1200. The molecule has 190 valence electrons. The lowest BCUT2D eigenvalue weighted by Gasteiger charge is -2.38. The number of hydrazone groups is 1. The fourth-order valence-electron chi connectivity index (χ4n) is 4.59. The van der Waals surface area contributed by atoms with Gasteiger partial charge in [0.05, 0.1) is 17.9 Å². The van der Waals surface area contributed by atoms with Crippen molar-refractivity contribution < 1.29 is 24.1 Å². The quantitative estimate of drug-likeness (QED) is 0.500. The summed E-state index contributed by atoms with van der Waals surface area (Å²) in [7, 11) is 0. The molecule has 0 spiro atoms. The summed E-state index contributed by atoms with van der Waals surface area (Å²) in [6.45, 7) is 5.41. The highest BCUT2D eigenvalue weighted by Crippen LogP contribution is 2.40. The van der Waals surface area contributed by atoms with Crippen LogP contribution in [0.15, 0.2) is 53.5 Å². The Balaban J connectivity index is 1.27. The first-order chi connectivity index (χ1) is 17.4. The van der Waals surface area contributed by atoms with E-state index in [2.05, 4.69) is 27.6 Å². The summed E-state index contributed by atoms with van der Waals surface area (Å²) in [5.41, 5.74) is 1.46. The van der Waals surface area contributed by atoms with E-state index in [1.54, 1.807) is 28.4 Å². The molecule has 3 aliphatic rings. The molecule has 2 N–H and O–H groups in total. The van der Waals surface area contributed by atoms with E-state index in [0.29, 0.717) is 56.7 Å². The van der Waals surface area contributed by atoms with Gasteiger partial charge in [0.15, 0.2) is 0 Å². The summed E-state index contributed by atoms with van der Waals surface area (Å²) in [5, 5.41) is 26.2. The summed E-state index contributed by atoms with van der Waals surface area (Å²) < 4.78 is 20.9. The Morgan fingerprint density at radius 2 is 1.92 bits per heavy atom. The number of piperazine rings is 1. The molecule has 0 aliphatic carbocycles. The summed E-state index contributed by atoms with van der Waals surface area (Å²) >= 11 is 4.50. The number of hydrogen-bond donors (Lipinski definition) is 3. The Morgan fingerprint density at radius 1 is 1.19 bits per heavy atom. The van der Waals surface area contributed by atoms with Gasteiger partial charge in [-0.1, -0.05) is 0 Å². The van der Waals surface area contributed by atoms with Crippen molar-refractivity contribution >= 4 is 35.9 Å². The van der Waals surface area contributed by atoms with E-state index in [0.717, 1.165) is 5.56 Å². The van der Waals surface area contributed by atoms with E-state index in [4.69, 9.17) is 4.74 Å². The van der Waals surface area contributed by atoms with Crippen molar-refractivity contribution in [2.75, 3.05) is 49.2 Å². The summed E-state index contributed by atoms with van der Waals surface area (Å²) in [6.07, 6.45) is 3.40. The number of nitrogens with zero attached hydrogens (tertiary/aromatic N) is 6. The standard InChI is InChI=1S/C24H27FN6O4S/c1-2-29-13-17(23(33)34)21(32)16-11-18(25)20(12-19(16)29)30-9-7-28(8-10-30)14-31-24(36)35-22(27-31)15-3-5-26-6-4-15/h3-6,11-13,21,24,32,36H,2,7-10,14H2,1H3,(H,33,34). The number of aliphatic carboxylic acids is 1. The Hall–Kier alpha value is -3.35. The fourth-order valence-corrected chi connectivity index (χ4v) is 4.82. The van der Waals surface area contributed by atoms with E-state index in [1.165, 1.54) is 12.3 Å². The predicted octanol–water partition coefficient (Wildman–Crippen LogP) is 2.05. The fraction of sp³-hybridized carbons (Fsp3) is 0.375. The molecule has 2 unspecified atom stereocenters. The number of aromatic nitrogens is 1. The highest BCUT2D eigenvalue weighted by atomic mass is 32.1. The van der Waals surface area contributed by atoms with Crippen molar-refractivity contribution in [3.63, 3.8) is 0 Å². The molecule has 1 aromatic carbocycles. The largest absolute Gasteiger partial charge is 0.478 e. The van der Waals surface area contributed by atoms with Crippen LogP contribution in [-0.2, 0) is 9.53 Å². The molecule has 10 nitrogen and oxygen atoms in total. The number of thiol groups is 1. The molecule has 3 aliphatic heterocycles. The zero-order valence-corrected chi connectivity index (χ0v) is 20.6. The number of ether oxygens (including phenoxy) is 1. The number of aliphatic hydroxyl groups excluding tert-OH is 1. The smallest absolute Gasteiger partial charge is 0.336 e. The number of anilines is 2. The highest BCUT2D eigenvalue weighted by Gasteiger charge is 2.33. The highest BCUT2D eigenvalue weighted by molar-refractivity contribution is 7.80. The molecule has 2 aromatic rings. The van der Waals surface area contributed by atoms with E-state index in [-0.39, 0.29) is 11.1 Å². The second-order valence-electron chi connectivity index (χ2n) is 8.71. The van der Waals surface area contributed by atoms with Gasteiger partial charge in [0, 0.05) is 68.1 Å². The Kier molecular flexibility index (Phi) is 6.73. The molecule has 1 aromatic heterocycles. The van der Waals surface area contributed by atoms with Gasteiger partial charge in [-0.05, 0) is 31.2 Å². The molecule has 0 radical (unpaired) electrons. The van der Waals surface area contributed by atoms with E-state index >= 15 is 4.39 Å². The SMILES string of the molecule is CCN1C=C(C(=O)O)C(O)c2cc(F)c(N3CCN(CN4N=C(c5ccncc5)OC4S)CC3)cc21. The zero-order chi connectivity index (χ0) is 25.4. The van der Waals surface area contributed by atoms with Crippen LogP contribution in [0.25, 0.3) is 0 Å². The molecule has 1 fully saturated rings. The lowest BCUT2D eigenvalue weighted by molar-refractivity contribution is -0.133. The van der Waals surface area contributed by atoms with Crippen LogP contribution in [0.4, 0.5) is 15.8 Å². The number of aliphatic hydroxyl groups is 1. The van der Waals surface area contributed by atoms with Crippen molar-refractivity contribution in [3.05, 3.63) is 65.4 Å². The van der Waals surface area contributed by atoms with Gasteiger partial charge in [0.25, 0.3) is 0 Å². The topological polar surface area (TPSA) is 105 Å². The molecule has 1 saturated heterocycles. The lowest BCUT2D eigenvalue weighted by atomic mass is 9.95. The first-order valence-electron chi connectivity index (χ1n) is 11.7. The minimum Gasteiger partial charge on any atom is -0.478 e. The number of carboxylic acid groups (broad SMARTS) is 1. The molecule has 0 bridgehead atoms. The Labute approximate surface area is 213 Å². The zero-order valence-electron chi connectivity index (χ0n) is 19.7. The molecule has 36 heavy (non-hydrogen) atoms. The number of pyridine rings is 1. The maximum Gasteiger partial charge on any atom is 0.336 e.